The van der Waals surface area contributed by atoms with Crippen LogP contribution in [0.5, 0.6) is 0 Å². The Morgan fingerprint density at radius 2 is 1.67 bits per heavy atom. The molecule has 2 fully saturated rings. The minimum absolute atomic E-state index is 0.0209. The fraction of sp³-hybridized carbons (Fsp3) is 0.455. The number of carbonyl (C=O) groups excluding carboxylic acids is 2. The average molecular weight is 430 g/mol. The van der Waals surface area contributed by atoms with Gasteiger partial charge in [0, 0.05) is 19.6 Å². The lowest BCUT2D eigenvalue weighted by atomic mass is 10.1. The number of benzene rings is 2. The third-order valence-electron chi connectivity index (χ3n) is 5.89. The minimum Gasteiger partial charge on any atom is -0.341 e. The topological polar surface area (TPSA) is 86.8 Å². The van der Waals surface area contributed by atoms with Crippen molar-refractivity contribution >= 4 is 32.6 Å². The molecule has 0 aliphatic carbocycles. The maximum atomic E-state index is 13.0. The van der Waals surface area contributed by atoms with Crippen molar-refractivity contribution in [2.75, 3.05) is 26.2 Å². The molecule has 0 spiro atoms. The van der Waals surface area contributed by atoms with E-state index in [9.17, 15) is 18.0 Å². The van der Waals surface area contributed by atoms with Crippen LogP contribution < -0.4 is 4.72 Å². The number of carbonyl (C=O) groups is 2. The van der Waals surface area contributed by atoms with Crippen molar-refractivity contribution < 1.29 is 18.0 Å². The van der Waals surface area contributed by atoms with Crippen molar-refractivity contribution in [1.82, 2.24) is 14.5 Å². The number of likely N-dealkylation sites (tertiary alicyclic amines) is 2. The summed E-state index contributed by atoms with van der Waals surface area (Å²) in [4.78, 5) is 29.0. The lowest BCUT2D eigenvalue weighted by Gasteiger charge is -2.26. The van der Waals surface area contributed by atoms with Gasteiger partial charge in [-0.1, -0.05) is 30.3 Å². The van der Waals surface area contributed by atoms with E-state index in [2.05, 4.69) is 4.72 Å². The Balaban J connectivity index is 1.49. The molecule has 2 amide bonds. The summed E-state index contributed by atoms with van der Waals surface area (Å²) in [5.41, 5.74) is 0. The predicted molar refractivity (Wildman–Crippen MR) is 114 cm³/mol. The van der Waals surface area contributed by atoms with Crippen molar-refractivity contribution in [3.05, 3.63) is 42.5 Å². The third-order valence-corrected chi connectivity index (χ3v) is 7.36. The first-order valence-electron chi connectivity index (χ1n) is 10.5. The van der Waals surface area contributed by atoms with Crippen molar-refractivity contribution in [3.8, 4) is 0 Å². The zero-order valence-electron chi connectivity index (χ0n) is 16.9. The highest BCUT2D eigenvalue weighted by atomic mass is 32.2. The maximum Gasteiger partial charge on any atom is 0.242 e. The molecule has 2 aliphatic rings. The Hall–Kier alpha value is -2.45. The molecule has 0 bridgehead atoms. The molecule has 0 aromatic heterocycles. The van der Waals surface area contributed by atoms with Gasteiger partial charge in [0.2, 0.25) is 21.8 Å². The minimum atomic E-state index is -3.86. The Bertz CT molecular complexity index is 1050. The standard InChI is InChI=1S/C22H27N3O4S/c26-21(24-12-5-6-13-24)16-25-14-4-3-9-20(22(25)27)23-30(28,29)19-11-10-17-7-1-2-8-18(17)15-19/h1-2,7-8,10-11,15,20,23H,3-6,9,12-14,16H2/t20-/m0/s1. The van der Waals surface area contributed by atoms with E-state index in [4.69, 9.17) is 0 Å². The van der Waals surface area contributed by atoms with Crippen LogP contribution in [0.25, 0.3) is 10.8 Å². The first-order chi connectivity index (χ1) is 14.4. The molecule has 4 rings (SSSR count). The first-order valence-corrected chi connectivity index (χ1v) is 12.0. The SMILES string of the molecule is O=C(CN1CCCC[C@H](NS(=O)(=O)c2ccc3ccccc3c2)C1=O)N1CCCC1. The van der Waals surface area contributed by atoms with E-state index in [1.165, 1.54) is 4.90 Å². The quantitative estimate of drug-likeness (QED) is 0.789. The fourth-order valence-electron chi connectivity index (χ4n) is 4.19. The monoisotopic (exact) mass is 429 g/mol. The van der Waals surface area contributed by atoms with Gasteiger partial charge in [-0.3, -0.25) is 9.59 Å². The molecule has 2 saturated heterocycles. The van der Waals surface area contributed by atoms with Crippen LogP contribution in [0.3, 0.4) is 0 Å². The summed E-state index contributed by atoms with van der Waals surface area (Å²) in [7, 11) is -3.86. The van der Waals surface area contributed by atoms with Crippen LogP contribution in [0.2, 0.25) is 0 Å². The van der Waals surface area contributed by atoms with E-state index in [1.807, 2.05) is 24.3 Å². The molecule has 2 heterocycles. The second kappa shape index (κ2) is 8.73. The van der Waals surface area contributed by atoms with Gasteiger partial charge in [-0.2, -0.15) is 4.72 Å². The molecule has 0 radical (unpaired) electrons. The lowest BCUT2D eigenvalue weighted by Crippen LogP contribution is -2.50. The highest BCUT2D eigenvalue weighted by Crippen LogP contribution is 2.21. The van der Waals surface area contributed by atoms with E-state index in [0.717, 1.165) is 49.5 Å². The van der Waals surface area contributed by atoms with Crippen LogP contribution in [-0.2, 0) is 19.6 Å². The van der Waals surface area contributed by atoms with Gasteiger partial charge in [0.15, 0.2) is 0 Å². The molecule has 160 valence electrons. The summed E-state index contributed by atoms with van der Waals surface area (Å²) in [6, 6.07) is 11.6. The van der Waals surface area contributed by atoms with Crippen LogP contribution in [0, 0.1) is 0 Å². The van der Waals surface area contributed by atoms with Crippen LogP contribution in [0.4, 0.5) is 0 Å². The van der Waals surface area contributed by atoms with E-state index in [1.54, 1.807) is 23.1 Å². The van der Waals surface area contributed by atoms with Gasteiger partial charge in [0.25, 0.3) is 0 Å². The number of hydrogen-bond donors (Lipinski definition) is 1. The van der Waals surface area contributed by atoms with Crippen molar-refractivity contribution in [3.63, 3.8) is 0 Å². The van der Waals surface area contributed by atoms with Crippen LogP contribution in [-0.4, -0.2) is 62.3 Å². The third kappa shape index (κ3) is 4.49. The Labute approximate surface area is 177 Å². The molecule has 1 N–H and O–H groups in total. The fourth-order valence-corrected chi connectivity index (χ4v) is 5.45. The molecule has 0 unspecified atom stereocenters. The zero-order chi connectivity index (χ0) is 21.1. The largest absolute Gasteiger partial charge is 0.341 e. The van der Waals surface area contributed by atoms with Crippen molar-refractivity contribution in [2.24, 2.45) is 0 Å². The number of fused-ring (bicyclic) bond motifs is 1. The van der Waals surface area contributed by atoms with E-state index in [-0.39, 0.29) is 23.3 Å². The molecule has 2 aliphatic heterocycles. The second-order valence-electron chi connectivity index (χ2n) is 8.03. The number of nitrogens with one attached hydrogen (secondary N) is 1. The maximum absolute atomic E-state index is 13.0. The summed E-state index contributed by atoms with van der Waals surface area (Å²) in [6.45, 7) is 1.97. The summed E-state index contributed by atoms with van der Waals surface area (Å²) < 4.78 is 28.6. The number of sulfonamides is 1. The summed E-state index contributed by atoms with van der Waals surface area (Å²) in [5.74, 6) is -0.372. The van der Waals surface area contributed by atoms with Gasteiger partial charge < -0.3 is 9.80 Å². The van der Waals surface area contributed by atoms with Gasteiger partial charge in [-0.25, -0.2) is 8.42 Å². The normalized spacial score (nSPS) is 20.5. The number of hydrogen-bond acceptors (Lipinski definition) is 4. The van der Waals surface area contributed by atoms with Crippen molar-refractivity contribution in [2.45, 2.75) is 43.0 Å². The zero-order valence-corrected chi connectivity index (χ0v) is 17.7. The Kier molecular flexibility index (Phi) is 6.06. The lowest BCUT2D eigenvalue weighted by molar-refractivity contribution is -0.140. The molecule has 30 heavy (non-hydrogen) atoms. The number of amides is 2. The highest BCUT2D eigenvalue weighted by molar-refractivity contribution is 7.89. The van der Waals surface area contributed by atoms with Crippen molar-refractivity contribution in [1.29, 1.82) is 0 Å². The van der Waals surface area contributed by atoms with E-state index >= 15 is 0 Å². The molecule has 2 aromatic carbocycles. The summed E-state index contributed by atoms with van der Waals surface area (Å²) in [5, 5.41) is 1.78. The number of rotatable bonds is 5. The molecule has 8 heteroatoms. The summed E-state index contributed by atoms with van der Waals surface area (Å²) in [6.07, 6.45) is 3.90. The molecule has 1 atom stereocenters. The van der Waals surface area contributed by atoms with Crippen LogP contribution in [0.15, 0.2) is 47.4 Å². The molecular formula is C22H27N3O4S. The second-order valence-corrected chi connectivity index (χ2v) is 9.74. The highest BCUT2D eigenvalue weighted by Gasteiger charge is 2.33. The van der Waals surface area contributed by atoms with Gasteiger partial charge in [-0.05, 0) is 55.0 Å². The van der Waals surface area contributed by atoms with Gasteiger partial charge in [-0.15, -0.1) is 0 Å². The van der Waals surface area contributed by atoms with Crippen LogP contribution in [0.1, 0.15) is 32.1 Å². The molecular weight excluding hydrogens is 402 g/mol. The number of nitrogens with zero attached hydrogens (tertiary/aromatic N) is 2. The molecule has 7 nitrogen and oxygen atoms in total. The van der Waals surface area contributed by atoms with Gasteiger partial charge >= 0.3 is 0 Å². The first kappa shape index (κ1) is 20.8. The van der Waals surface area contributed by atoms with E-state index in [0.29, 0.717) is 13.0 Å². The Morgan fingerprint density at radius 3 is 2.43 bits per heavy atom. The average Bonchev–Trinajstić information content (AvgIpc) is 3.23. The predicted octanol–water partition coefficient (Wildman–Crippen LogP) is 2.12. The van der Waals surface area contributed by atoms with Crippen LogP contribution >= 0.6 is 0 Å². The molecule has 2 aromatic rings. The Morgan fingerprint density at radius 1 is 0.967 bits per heavy atom. The summed E-state index contributed by atoms with van der Waals surface area (Å²) >= 11 is 0. The van der Waals surface area contributed by atoms with Gasteiger partial charge in [0.05, 0.1) is 11.4 Å². The smallest absolute Gasteiger partial charge is 0.242 e. The van der Waals surface area contributed by atoms with Gasteiger partial charge in [0.1, 0.15) is 6.04 Å². The van der Waals surface area contributed by atoms with E-state index < -0.39 is 16.1 Å². The molecule has 0 saturated carbocycles.